The molecule has 0 radical (unpaired) electrons. The van der Waals surface area contributed by atoms with Crippen molar-refractivity contribution < 1.29 is 14.4 Å². The molecule has 1 fully saturated rings. The maximum atomic E-state index is 12.5. The molecule has 7 nitrogen and oxygen atoms in total. The molecular formula is C20H16N4O3S. The Morgan fingerprint density at radius 2 is 1.86 bits per heavy atom. The zero-order valence-electron chi connectivity index (χ0n) is 14.7. The standard InChI is InChI=1S/C20H16N4O3S/c25-18(17-14-8-4-5-9-15(14)22-23-17)21-10-11-24-19(26)16(28-20(24)27)12-13-6-2-1-3-7-13/h1-9,12H,10-11H2,(H,21,25)(H,22,23). The first-order chi connectivity index (χ1) is 13.6. The highest BCUT2D eigenvalue weighted by molar-refractivity contribution is 8.18. The number of aromatic nitrogens is 2. The molecule has 0 saturated carbocycles. The second-order valence-corrected chi connectivity index (χ2v) is 7.11. The van der Waals surface area contributed by atoms with Crippen molar-refractivity contribution in [2.75, 3.05) is 13.1 Å². The lowest BCUT2D eigenvalue weighted by Crippen LogP contribution is -2.37. The minimum Gasteiger partial charge on any atom is -0.349 e. The van der Waals surface area contributed by atoms with Crippen molar-refractivity contribution in [2.45, 2.75) is 0 Å². The molecule has 3 amide bonds. The molecule has 0 spiro atoms. The van der Waals surface area contributed by atoms with E-state index in [1.165, 1.54) is 0 Å². The SMILES string of the molecule is O=C(NCCN1C(=O)SC(=Cc2ccccc2)C1=O)c1n[nH]c2ccccc12. The smallest absolute Gasteiger partial charge is 0.293 e. The third kappa shape index (κ3) is 3.54. The number of rotatable bonds is 5. The monoisotopic (exact) mass is 392 g/mol. The van der Waals surface area contributed by atoms with Gasteiger partial charge in [0.1, 0.15) is 0 Å². The van der Waals surface area contributed by atoms with Gasteiger partial charge in [-0.25, -0.2) is 0 Å². The molecule has 1 aliphatic heterocycles. The summed E-state index contributed by atoms with van der Waals surface area (Å²) < 4.78 is 0. The predicted octanol–water partition coefficient (Wildman–Crippen LogP) is 3.03. The summed E-state index contributed by atoms with van der Waals surface area (Å²) in [4.78, 5) is 38.5. The number of amides is 3. The fourth-order valence-electron chi connectivity index (χ4n) is 2.89. The molecule has 0 unspecified atom stereocenters. The van der Waals surface area contributed by atoms with E-state index >= 15 is 0 Å². The van der Waals surface area contributed by atoms with E-state index in [1.54, 1.807) is 12.1 Å². The van der Waals surface area contributed by atoms with Gasteiger partial charge in [0.05, 0.1) is 10.4 Å². The highest BCUT2D eigenvalue weighted by Crippen LogP contribution is 2.31. The van der Waals surface area contributed by atoms with E-state index in [0.717, 1.165) is 33.1 Å². The summed E-state index contributed by atoms with van der Waals surface area (Å²) >= 11 is 0.904. The zero-order chi connectivity index (χ0) is 19.5. The van der Waals surface area contributed by atoms with Gasteiger partial charge in [-0.05, 0) is 29.5 Å². The van der Waals surface area contributed by atoms with Crippen LogP contribution in [0.15, 0.2) is 59.5 Å². The number of nitrogens with one attached hydrogen (secondary N) is 2. The summed E-state index contributed by atoms with van der Waals surface area (Å²) in [5.74, 6) is -0.706. The third-order valence-electron chi connectivity index (χ3n) is 4.28. The topological polar surface area (TPSA) is 95.2 Å². The average molecular weight is 392 g/mol. The average Bonchev–Trinajstić information content (AvgIpc) is 3.25. The molecule has 1 saturated heterocycles. The number of nitrogens with zero attached hydrogens (tertiary/aromatic N) is 2. The van der Waals surface area contributed by atoms with Crippen LogP contribution < -0.4 is 5.32 Å². The van der Waals surface area contributed by atoms with Gasteiger partial charge in [-0.1, -0.05) is 48.5 Å². The van der Waals surface area contributed by atoms with Crippen LogP contribution in [-0.4, -0.2) is 45.2 Å². The summed E-state index contributed by atoms with van der Waals surface area (Å²) in [6.07, 6.45) is 1.69. The summed E-state index contributed by atoms with van der Waals surface area (Å²) in [5, 5.41) is 9.93. The highest BCUT2D eigenvalue weighted by Gasteiger charge is 2.34. The van der Waals surface area contributed by atoms with Crippen LogP contribution >= 0.6 is 11.8 Å². The Bertz CT molecular complexity index is 1090. The highest BCUT2D eigenvalue weighted by atomic mass is 32.2. The Balaban J connectivity index is 1.38. The molecule has 140 valence electrons. The molecule has 3 aromatic rings. The Kier molecular flexibility index (Phi) is 4.94. The van der Waals surface area contributed by atoms with E-state index < -0.39 is 0 Å². The summed E-state index contributed by atoms with van der Waals surface area (Å²) in [6.45, 7) is 0.252. The minimum absolute atomic E-state index is 0.102. The maximum absolute atomic E-state index is 12.5. The molecule has 1 aromatic heterocycles. The second kappa shape index (κ2) is 7.69. The lowest BCUT2D eigenvalue weighted by Gasteiger charge is -2.12. The van der Waals surface area contributed by atoms with Crippen molar-refractivity contribution in [3.63, 3.8) is 0 Å². The molecule has 0 atom stereocenters. The van der Waals surface area contributed by atoms with Crippen LogP contribution in [0.5, 0.6) is 0 Å². The van der Waals surface area contributed by atoms with Crippen LogP contribution in [0.3, 0.4) is 0 Å². The Hall–Kier alpha value is -3.39. The molecule has 2 heterocycles. The first-order valence-corrected chi connectivity index (χ1v) is 9.47. The van der Waals surface area contributed by atoms with E-state index in [4.69, 9.17) is 0 Å². The number of aromatic amines is 1. The summed E-state index contributed by atoms with van der Waals surface area (Å²) in [5.41, 5.74) is 1.91. The van der Waals surface area contributed by atoms with Crippen LogP contribution in [0, 0.1) is 0 Å². The molecule has 2 N–H and O–H groups in total. The predicted molar refractivity (Wildman–Crippen MR) is 108 cm³/mol. The van der Waals surface area contributed by atoms with Gasteiger partial charge in [-0.3, -0.25) is 24.4 Å². The maximum Gasteiger partial charge on any atom is 0.293 e. The van der Waals surface area contributed by atoms with Crippen molar-refractivity contribution in [2.24, 2.45) is 0 Å². The molecule has 0 bridgehead atoms. The number of para-hydroxylation sites is 1. The van der Waals surface area contributed by atoms with Crippen molar-refractivity contribution in [1.29, 1.82) is 0 Å². The summed E-state index contributed by atoms with van der Waals surface area (Å²) in [7, 11) is 0. The van der Waals surface area contributed by atoms with Gasteiger partial charge in [-0.2, -0.15) is 5.10 Å². The van der Waals surface area contributed by atoms with Crippen LogP contribution in [-0.2, 0) is 4.79 Å². The minimum atomic E-state index is -0.357. The largest absolute Gasteiger partial charge is 0.349 e. The summed E-state index contributed by atoms with van der Waals surface area (Å²) in [6, 6.07) is 16.7. The van der Waals surface area contributed by atoms with Gasteiger partial charge in [0, 0.05) is 18.5 Å². The number of fused-ring (bicyclic) bond motifs is 1. The number of carbonyl (C=O) groups is 3. The van der Waals surface area contributed by atoms with Crippen LogP contribution in [0.25, 0.3) is 17.0 Å². The lowest BCUT2D eigenvalue weighted by atomic mass is 10.2. The number of carbonyl (C=O) groups excluding carboxylic acids is 3. The molecule has 8 heteroatoms. The van der Waals surface area contributed by atoms with E-state index in [9.17, 15) is 14.4 Å². The van der Waals surface area contributed by atoms with E-state index in [2.05, 4.69) is 15.5 Å². The zero-order valence-corrected chi connectivity index (χ0v) is 15.5. The lowest BCUT2D eigenvalue weighted by molar-refractivity contribution is -0.122. The van der Waals surface area contributed by atoms with Gasteiger partial charge in [0.2, 0.25) is 0 Å². The number of hydrogen-bond donors (Lipinski definition) is 2. The number of benzene rings is 2. The Morgan fingerprint density at radius 3 is 2.68 bits per heavy atom. The van der Waals surface area contributed by atoms with E-state index in [0.29, 0.717) is 4.91 Å². The van der Waals surface area contributed by atoms with Gasteiger partial charge in [0.15, 0.2) is 5.69 Å². The normalized spacial score (nSPS) is 15.6. The third-order valence-corrected chi connectivity index (χ3v) is 5.18. The Labute approximate surface area is 164 Å². The number of hydrogen-bond acceptors (Lipinski definition) is 5. The van der Waals surface area contributed by atoms with Crippen LogP contribution in [0.4, 0.5) is 4.79 Å². The van der Waals surface area contributed by atoms with Crippen LogP contribution in [0.2, 0.25) is 0 Å². The molecular weight excluding hydrogens is 376 g/mol. The van der Waals surface area contributed by atoms with Crippen molar-refractivity contribution in [3.8, 4) is 0 Å². The first kappa shape index (κ1) is 18.0. The van der Waals surface area contributed by atoms with Crippen molar-refractivity contribution in [1.82, 2.24) is 20.4 Å². The second-order valence-electron chi connectivity index (χ2n) is 6.12. The van der Waals surface area contributed by atoms with Crippen LogP contribution in [0.1, 0.15) is 16.1 Å². The van der Waals surface area contributed by atoms with Crippen molar-refractivity contribution >= 4 is 45.8 Å². The molecule has 28 heavy (non-hydrogen) atoms. The fraction of sp³-hybridized carbons (Fsp3) is 0.100. The fourth-order valence-corrected chi connectivity index (χ4v) is 3.76. The quantitative estimate of drug-likeness (QED) is 0.651. The van der Waals surface area contributed by atoms with Gasteiger partial charge >= 0.3 is 0 Å². The van der Waals surface area contributed by atoms with Gasteiger partial charge < -0.3 is 5.32 Å². The van der Waals surface area contributed by atoms with Crippen molar-refractivity contribution in [3.05, 3.63) is 70.8 Å². The number of H-pyrrole nitrogens is 1. The Morgan fingerprint density at radius 1 is 1.11 bits per heavy atom. The molecule has 4 rings (SSSR count). The molecule has 2 aromatic carbocycles. The number of imide groups is 1. The van der Waals surface area contributed by atoms with E-state index in [1.807, 2.05) is 48.5 Å². The molecule has 0 aliphatic carbocycles. The van der Waals surface area contributed by atoms with E-state index in [-0.39, 0.29) is 35.8 Å². The van der Waals surface area contributed by atoms with Gasteiger partial charge in [0.25, 0.3) is 17.1 Å². The molecule has 1 aliphatic rings. The first-order valence-electron chi connectivity index (χ1n) is 8.65. The number of thioether (sulfide) groups is 1. The van der Waals surface area contributed by atoms with Gasteiger partial charge in [-0.15, -0.1) is 0 Å².